The van der Waals surface area contributed by atoms with Crippen LogP contribution >= 0.6 is 0 Å². The summed E-state index contributed by atoms with van der Waals surface area (Å²) in [6.07, 6.45) is 48.7. The number of hydrogen-bond acceptors (Lipinski definition) is 0. The minimum absolute atomic E-state index is 0.607. The number of hydrogen-bond donors (Lipinski definition) is 0. The molecule has 0 aliphatic rings. The SMILES string of the molecule is C#Cc1cccc(-c2cc(-c3cccc(C#C)c3C#C)cc(-c3c4ccccc4c(-c4ccc(-c5cccc(C#C)c5C#C)c(-c5cccc(C#C)c5C#C)c4)c4ccccc34)c2)c1C#C. The normalized spacial score (nSPS) is 10.3. The van der Waals surface area contributed by atoms with Gasteiger partial charge in [-0.25, -0.2) is 0 Å². The lowest BCUT2D eigenvalue weighted by Crippen LogP contribution is -1.97. The highest BCUT2D eigenvalue weighted by Crippen LogP contribution is 2.48. The van der Waals surface area contributed by atoms with Gasteiger partial charge >= 0.3 is 0 Å². The molecule has 0 N–H and O–H groups in total. The lowest BCUT2D eigenvalue weighted by molar-refractivity contribution is 1.52. The van der Waals surface area contributed by atoms with E-state index in [1.54, 1.807) is 0 Å². The van der Waals surface area contributed by atoms with Crippen molar-refractivity contribution in [3.05, 3.63) is 202 Å². The minimum Gasteiger partial charge on any atom is -0.115 e. The molecule has 0 saturated carbocycles. The molecule has 0 amide bonds. The highest BCUT2D eigenvalue weighted by atomic mass is 14.2. The molecule has 0 spiro atoms. The molecular formula is C66H34. The fourth-order valence-corrected chi connectivity index (χ4v) is 9.23. The second kappa shape index (κ2) is 17.4. The van der Waals surface area contributed by atoms with Gasteiger partial charge in [0.25, 0.3) is 0 Å². The molecule has 0 nitrogen and oxygen atoms in total. The number of fused-ring (bicyclic) bond motifs is 2. The van der Waals surface area contributed by atoms with Gasteiger partial charge in [-0.05, 0) is 137 Å². The molecule has 0 unspecified atom stereocenters. The highest BCUT2D eigenvalue weighted by Gasteiger charge is 2.22. The fourth-order valence-electron chi connectivity index (χ4n) is 9.23. The summed E-state index contributed by atoms with van der Waals surface area (Å²) in [5, 5.41) is 4.11. The third-order valence-electron chi connectivity index (χ3n) is 12.1. The summed E-state index contributed by atoms with van der Waals surface area (Å²) < 4.78 is 0. The zero-order valence-electron chi connectivity index (χ0n) is 35.6. The van der Waals surface area contributed by atoms with E-state index in [1.165, 1.54) is 0 Å². The molecule has 0 radical (unpaired) electrons. The number of benzene rings is 9. The Morgan fingerprint density at radius 1 is 0.227 bits per heavy atom. The molecule has 0 aliphatic carbocycles. The summed E-state index contributed by atoms with van der Waals surface area (Å²) in [5.41, 5.74) is 15.7. The molecule has 9 aromatic carbocycles. The first-order valence-electron chi connectivity index (χ1n) is 20.9. The van der Waals surface area contributed by atoms with Crippen LogP contribution in [0.15, 0.2) is 158 Å². The van der Waals surface area contributed by atoms with Gasteiger partial charge in [-0.15, -0.1) is 51.4 Å². The maximum absolute atomic E-state index is 6.24. The molecular weight excluding hydrogens is 793 g/mol. The zero-order chi connectivity index (χ0) is 45.9. The third-order valence-corrected chi connectivity index (χ3v) is 12.1. The van der Waals surface area contributed by atoms with Crippen LogP contribution in [-0.4, -0.2) is 0 Å². The Morgan fingerprint density at radius 3 is 0.939 bits per heavy atom. The largest absolute Gasteiger partial charge is 0.115 e. The Morgan fingerprint density at radius 2 is 0.561 bits per heavy atom. The second-order valence-corrected chi connectivity index (χ2v) is 15.5. The van der Waals surface area contributed by atoms with Gasteiger partial charge in [0.05, 0.1) is 0 Å². The maximum atomic E-state index is 6.24. The van der Waals surface area contributed by atoms with Crippen LogP contribution in [0.2, 0.25) is 0 Å². The summed E-state index contributed by atoms with van der Waals surface area (Å²) in [4.78, 5) is 0. The van der Waals surface area contributed by atoms with E-state index in [0.29, 0.717) is 44.5 Å². The van der Waals surface area contributed by atoms with Crippen molar-refractivity contribution < 1.29 is 0 Å². The first-order valence-corrected chi connectivity index (χ1v) is 20.9. The fraction of sp³-hybridized carbons (Fsp3) is 0. The summed E-state index contributed by atoms with van der Waals surface area (Å²) >= 11 is 0. The van der Waals surface area contributed by atoms with E-state index in [1.807, 2.05) is 72.8 Å². The maximum Gasteiger partial charge on any atom is 0.0477 e. The van der Waals surface area contributed by atoms with Crippen LogP contribution in [0.5, 0.6) is 0 Å². The van der Waals surface area contributed by atoms with E-state index >= 15 is 0 Å². The average Bonchev–Trinajstić information content (AvgIpc) is 3.38. The first-order chi connectivity index (χ1) is 32.4. The van der Waals surface area contributed by atoms with E-state index in [0.717, 1.165) is 88.3 Å². The van der Waals surface area contributed by atoms with Gasteiger partial charge in [-0.3, -0.25) is 0 Å². The molecule has 9 aromatic rings. The molecule has 0 heteroatoms. The van der Waals surface area contributed by atoms with Crippen LogP contribution in [0.1, 0.15) is 44.5 Å². The quantitative estimate of drug-likeness (QED) is 0.116. The molecule has 0 atom stereocenters. The predicted octanol–water partition coefficient (Wildman–Crippen LogP) is 13.8. The number of rotatable bonds is 6. The Hall–Kier alpha value is -10.0. The lowest BCUT2D eigenvalue weighted by atomic mass is 9.82. The van der Waals surface area contributed by atoms with Crippen LogP contribution in [0, 0.1) is 98.8 Å². The Labute approximate surface area is 387 Å². The Kier molecular flexibility index (Phi) is 10.9. The lowest BCUT2D eigenvalue weighted by Gasteiger charge is -2.21. The van der Waals surface area contributed by atoms with Crippen LogP contribution in [0.3, 0.4) is 0 Å². The molecule has 0 heterocycles. The molecule has 298 valence electrons. The zero-order valence-corrected chi connectivity index (χ0v) is 35.6. The topological polar surface area (TPSA) is 0 Å². The van der Waals surface area contributed by atoms with Crippen molar-refractivity contribution in [2.75, 3.05) is 0 Å². The summed E-state index contributed by atoms with van der Waals surface area (Å²) in [6.45, 7) is 0. The van der Waals surface area contributed by atoms with E-state index in [-0.39, 0.29) is 0 Å². The standard InChI is InChI=1S/C66H34/c1-9-43-25-21-33-55(51(43)13-5)48-39-49(56-34-22-26-44(10-2)52(56)14-6)41-50(40-48)66-62-31-19-17-29-60(62)65(61-30-18-20-32-63(61)66)47-37-38-59(57-35-23-27-45(11-3)53(57)15-7)64(42-47)58-36-24-28-46(12-4)54(58)16-8/h1-8,17-42H. The van der Waals surface area contributed by atoms with Gasteiger partial charge in [-0.2, -0.15) is 0 Å². The molecule has 0 fully saturated rings. The monoisotopic (exact) mass is 826 g/mol. The van der Waals surface area contributed by atoms with Crippen molar-refractivity contribution in [3.8, 4) is 166 Å². The van der Waals surface area contributed by atoms with Gasteiger partial charge in [0.2, 0.25) is 0 Å². The van der Waals surface area contributed by atoms with Crippen LogP contribution < -0.4 is 0 Å². The van der Waals surface area contributed by atoms with Gasteiger partial charge in [0.15, 0.2) is 0 Å². The van der Waals surface area contributed by atoms with Crippen molar-refractivity contribution in [1.29, 1.82) is 0 Å². The second-order valence-electron chi connectivity index (χ2n) is 15.5. The average molecular weight is 827 g/mol. The van der Waals surface area contributed by atoms with Crippen molar-refractivity contribution in [2.45, 2.75) is 0 Å². The van der Waals surface area contributed by atoms with Crippen LogP contribution in [0.4, 0.5) is 0 Å². The molecule has 0 aliphatic heterocycles. The number of terminal acetylenes is 8. The van der Waals surface area contributed by atoms with Crippen molar-refractivity contribution in [3.63, 3.8) is 0 Å². The van der Waals surface area contributed by atoms with Crippen molar-refractivity contribution >= 4 is 21.5 Å². The minimum atomic E-state index is 0.607. The summed E-state index contributed by atoms with van der Waals surface area (Å²) in [6, 6.07) is 52.9. The Balaban J connectivity index is 1.39. The van der Waals surface area contributed by atoms with Crippen molar-refractivity contribution in [2.24, 2.45) is 0 Å². The smallest absolute Gasteiger partial charge is 0.0477 e. The predicted molar refractivity (Wildman–Crippen MR) is 278 cm³/mol. The van der Waals surface area contributed by atoms with E-state index < -0.39 is 0 Å². The third kappa shape index (κ3) is 6.83. The van der Waals surface area contributed by atoms with Crippen LogP contribution in [0.25, 0.3) is 88.3 Å². The van der Waals surface area contributed by atoms with E-state index in [4.69, 9.17) is 51.4 Å². The summed E-state index contributed by atoms with van der Waals surface area (Å²) in [5.74, 6) is 22.6. The van der Waals surface area contributed by atoms with Crippen LogP contribution in [-0.2, 0) is 0 Å². The Bertz CT molecular complexity index is 3750. The molecule has 66 heavy (non-hydrogen) atoms. The van der Waals surface area contributed by atoms with Crippen molar-refractivity contribution in [1.82, 2.24) is 0 Å². The van der Waals surface area contributed by atoms with Gasteiger partial charge in [0, 0.05) is 44.5 Å². The van der Waals surface area contributed by atoms with Gasteiger partial charge in [-0.1, -0.05) is 157 Å². The summed E-state index contributed by atoms with van der Waals surface area (Å²) in [7, 11) is 0. The molecule has 0 aromatic heterocycles. The van der Waals surface area contributed by atoms with Gasteiger partial charge in [0.1, 0.15) is 0 Å². The first kappa shape index (κ1) is 41.3. The highest BCUT2D eigenvalue weighted by molar-refractivity contribution is 6.22. The molecule has 0 bridgehead atoms. The van der Waals surface area contributed by atoms with E-state index in [2.05, 4.69) is 132 Å². The molecule has 9 rings (SSSR count). The van der Waals surface area contributed by atoms with Gasteiger partial charge < -0.3 is 0 Å². The van der Waals surface area contributed by atoms with E-state index in [9.17, 15) is 0 Å². The molecule has 0 saturated heterocycles.